The van der Waals surface area contributed by atoms with Crippen molar-refractivity contribution in [3.05, 3.63) is 64.7 Å². The molecule has 0 radical (unpaired) electrons. The van der Waals surface area contributed by atoms with E-state index in [1.807, 2.05) is 18.2 Å². The quantitative estimate of drug-likeness (QED) is 0.633. The van der Waals surface area contributed by atoms with Crippen molar-refractivity contribution in [1.29, 1.82) is 0 Å². The number of halogens is 1. The Labute approximate surface area is 182 Å². The molecule has 160 valence electrons. The zero-order chi connectivity index (χ0) is 21.9. The Morgan fingerprint density at radius 2 is 1.73 bits per heavy atom. The number of benzene rings is 2. The van der Waals surface area contributed by atoms with Crippen LogP contribution < -0.4 is 0 Å². The highest BCUT2D eigenvalue weighted by molar-refractivity contribution is 7.89. The number of hydrogen-bond donors (Lipinski definition) is 0. The molecule has 1 fully saturated rings. The van der Waals surface area contributed by atoms with Crippen molar-refractivity contribution in [2.75, 3.05) is 20.1 Å². The molecule has 1 saturated heterocycles. The summed E-state index contributed by atoms with van der Waals surface area (Å²) in [6.07, 6.45) is 0.951. The first-order valence-corrected chi connectivity index (χ1v) is 11.6. The Bertz CT molecular complexity index is 1030. The lowest BCUT2D eigenvalue weighted by Crippen LogP contribution is -2.43. The average Bonchev–Trinajstić information content (AvgIpc) is 2.73. The summed E-state index contributed by atoms with van der Waals surface area (Å²) in [4.78, 5) is 26.0. The summed E-state index contributed by atoms with van der Waals surface area (Å²) >= 11 is 6.01. The largest absolute Gasteiger partial charge is 0.341 e. The third kappa shape index (κ3) is 5.09. The Morgan fingerprint density at radius 1 is 1.10 bits per heavy atom. The average molecular weight is 449 g/mol. The molecule has 30 heavy (non-hydrogen) atoms. The van der Waals surface area contributed by atoms with Crippen LogP contribution in [-0.2, 0) is 21.4 Å². The molecule has 0 unspecified atom stereocenters. The summed E-state index contributed by atoms with van der Waals surface area (Å²) in [6, 6.07) is 13.4. The first-order chi connectivity index (χ1) is 14.2. The van der Waals surface area contributed by atoms with Gasteiger partial charge in [0, 0.05) is 43.2 Å². The third-order valence-corrected chi connectivity index (χ3v) is 7.53. The number of ketones is 1. The lowest BCUT2D eigenvalue weighted by molar-refractivity contribution is -0.135. The fourth-order valence-electron chi connectivity index (χ4n) is 3.65. The van der Waals surface area contributed by atoms with Gasteiger partial charge in [-0.05, 0) is 49.6 Å². The van der Waals surface area contributed by atoms with Crippen LogP contribution in [-0.4, -0.2) is 49.5 Å². The highest BCUT2D eigenvalue weighted by Gasteiger charge is 2.33. The molecule has 1 aliphatic rings. The van der Waals surface area contributed by atoms with Gasteiger partial charge in [0.1, 0.15) is 0 Å². The van der Waals surface area contributed by atoms with Gasteiger partial charge in [-0.2, -0.15) is 4.31 Å². The van der Waals surface area contributed by atoms with Crippen LogP contribution in [0.25, 0.3) is 0 Å². The van der Waals surface area contributed by atoms with Crippen LogP contribution in [0, 0.1) is 5.92 Å². The van der Waals surface area contributed by atoms with E-state index in [-0.39, 0.29) is 35.6 Å². The van der Waals surface area contributed by atoms with E-state index in [9.17, 15) is 18.0 Å². The van der Waals surface area contributed by atoms with Crippen molar-refractivity contribution in [2.45, 2.75) is 31.2 Å². The number of piperidine rings is 1. The standard InChI is InChI=1S/C22H25ClN2O4S/c1-16(26)18-6-8-21(9-7-18)30(28,29)25-12-10-19(11-13-25)22(27)24(2)15-17-4-3-5-20(23)14-17/h3-9,14,19H,10-13,15H2,1-2H3. The van der Waals surface area contributed by atoms with Gasteiger partial charge in [0.05, 0.1) is 4.90 Å². The summed E-state index contributed by atoms with van der Waals surface area (Å²) < 4.78 is 27.2. The molecule has 0 atom stereocenters. The molecule has 8 heteroatoms. The van der Waals surface area contributed by atoms with Crippen molar-refractivity contribution in [1.82, 2.24) is 9.21 Å². The van der Waals surface area contributed by atoms with Crippen LogP contribution in [0.1, 0.15) is 35.7 Å². The summed E-state index contributed by atoms with van der Waals surface area (Å²) in [5.74, 6) is -0.307. The van der Waals surface area contributed by atoms with Crippen LogP contribution in [0.5, 0.6) is 0 Å². The first-order valence-electron chi connectivity index (χ1n) is 9.79. The van der Waals surface area contributed by atoms with Crippen LogP contribution in [0.4, 0.5) is 0 Å². The van der Waals surface area contributed by atoms with Crippen molar-refractivity contribution in [2.24, 2.45) is 5.92 Å². The molecule has 3 rings (SSSR count). The van der Waals surface area contributed by atoms with Gasteiger partial charge in [0.25, 0.3) is 0 Å². The Hall–Kier alpha value is -2.22. The normalized spacial score (nSPS) is 15.7. The van der Waals surface area contributed by atoms with E-state index < -0.39 is 10.0 Å². The van der Waals surface area contributed by atoms with Gasteiger partial charge in [-0.3, -0.25) is 9.59 Å². The maximum Gasteiger partial charge on any atom is 0.243 e. The number of Topliss-reactive ketones (excluding diaryl/α,β-unsaturated/α-hetero) is 1. The van der Waals surface area contributed by atoms with E-state index in [2.05, 4.69) is 0 Å². The molecule has 0 saturated carbocycles. The van der Waals surface area contributed by atoms with Gasteiger partial charge in [-0.25, -0.2) is 8.42 Å². The van der Waals surface area contributed by atoms with Crippen molar-refractivity contribution < 1.29 is 18.0 Å². The Kier molecular flexibility index (Phi) is 6.95. The predicted octanol–water partition coefficient (Wildman–Crippen LogP) is 3.60. The first kappa shape index (κ1) is 22.5. The Morgan fingerprint density at radius 3 is 2.30 bits per heavy atom. The van der Waals surface area contributed by atoms with Gasteiger partial charge < -0.3 is 4.90 Å². The maximum atomic E-state index is 12.9. The lowest BCUT2D eigenvalue weighted by Gasteiger charge is -2.32. The smallest absolute Gasteiger partial charge is 0.243 e. The van der Waals surface area contributed by atoms with Crippen LogP contribution in [0.2, 0.25) is 5.02 Å². The van der Waals surface area contributed by atoms with E-state index >= 15 is 0 Å². The molecular formula is C22H25ClN2O4S. The minimum absolute atomic E-state index is 0.0119. The number of hydrogen-bond acceptors (Lipinski definition) is 4. The zero-order valence-corrected chi connectivity index (χ0v) is 18.6. The highest BCUT2D eigenvalue weighted by Crippen LogP contribution is 2.26. The SMILES string of the molecule is CC(=O)c1ccc(S(=O)(=O)N2CCC(C(=O)N(C)Cc3cccc(Cl)c3)CC2)cc1. The van der Waals surface area contributed by atoms with Crippen LogP contribution in [0.3, 0.4) is 0 Å². The summed E-state index contributed by atoms with van der Waals surface area (Å²) in [6.45, 7) is 2.48. The van der Waals surface area contributed by atoms with E-state index in [1.165, 1.54) is 35.5 Å². The second-order valence-electron chi connectivity index (χ2n) is 7.58. The fraction of sp³-hybridized carbons (Fsp3) is 0.364. The van der Waals surface area contributed by atoms with Gasteiger partial charge in [-0.15, -0.1) is 0 Å². The second-order valence-corrected chi connectivity index (χ2v) is 9.96. The number of nitrogens with zero attached hydrogens (tertiary/aromatic N) is 2. The number of amides is 1. The van der Waals surface area contributed by atoms with Crippen molar-refractivity contribution >= 4 is 33.3 Å². The number of sulfonamides is 1. The second kappa shape index (κ2) is 9.29. The molecule has 0 aliphatic carbocycles. The minimum atomic E-state index is -3.64. The van der Waals surface area contributed by atoms with E-state index in [1.54, 1.807) is 18.0 Å². The molecule has 1 aliphatic heterocycles. The van der Waals surface area contributed by atoms with E-state index in [4.69, 9.17) is 11.6 Å². The van der Waals surface area contributed by atoms with E-state index in [0.29, 0.717) is 30.0 Å². The molecule has 1 heterocycles. The summed E-state index contributed by atoms with van der Waals surface area (Å²) in [7, 11) is -1.89. The topological polar surface area (TPSA) is 74.8 Å². The highest BCUT2D eigenvalue weighted by atomic mass is 35.5. The maximum absolute atomic E-state index is 12.9. The van der Waals surface area contributed by atoms with Gasteiger partial charge in [-0.1, -0.05) is 35.9 Å². The molecule has 6 nitrogen and oxygen atoms in total. The summed E-state index contributed by atoms with van der Waals surface area (Å²) in [5.41, 5.74) is 1.42. The summed E-state index contributed by atoms with van der Waals surface area (Å²) in [5, 5.41) is 0.628. The molecule has 2 aromatic rings. The molecule has 0 bridgehead atoms. The Balaban J connectivity index is 1.60. The molecule has 0 spiro atoms. The monoisotopic (exact) mass is 448 g/mol. The van der Waals surface area contributed by atoms with Gasteiger partial charge in [0.15, 0.2) is 5.78 Å². The van der Waals surface area contributed by atoms with E-state index in [0.717, 1.165) is 5.56 Å². The van der Waals surface area contributed by atoms with Gasteiger partial charge >= 0.3 is 0 Å². The number of rotatable bonds is 6. The molecule has 0 N–H and O–H groups in total. The molecule has 2 aromatic carbocycles. The number of carbonyl (C=O) groups is 2. The lowest BCUT2D eigenvalue weighted by atomic mass is 9.96. The van der Waals surface area contributed by atoms with Gasteiger partial charge in [0.2, 0.25) is 15.9 Å². The van der Waals surface area contributed by atoms with Crippen molar-refractivity contribution in [3.8, 4) is 0 Å². The minimum Gasteiger partial charge on any atom is -0.341 e. The zero-order valence-electron chi connectivity index (χ0n) is 17.0. The fourth-order valence-corrected chi connectivity index (χ4v) is 5.34. The molecule has 0 aromatic heterocycles. The van der Waals surface area contributed by atoms with Crippen LogP contribution >= 0.6 is 11.6 Å². The van der Waals surface area contributed by atoms with Crippen molar-refractivity contribution in [3.63, 3.8) is 0 Å². The third-order valence-electron chi connectivity index (χ3n) is 5.39. The van der Waals surface area contributed by atoms with Crippen LogP contribution in [0.15, 0.2) is 53.4 Å². The molecular weight excluding hydrogens is 424 g/mol. The predicted molar refractivity (Wildman–Crippen MR) is 116 cm³/mol. The number of carbonyl (C=O) groups excluding carboxylic acids is 2. The molecule has 1 amide bonds.